The van der Waals surface area contributed by atoms with Crippen molar-refractivity contribution in [2.24, 2.45) is 10.9 Å². The molecule has 0 bridgehead atoms. The highest BCUT2D eigenvalue weighted by Gasteiger charge is 2.08. The minimum absolute atomic E-state index is 0.0220. The quantitative estimate of drug-likeness (QED) is 0.297. The summed E-state index contributed by atoms with van der Waals surface area (Å²) < 4.78 is 0. The Morgan fingerprint density at radius 1 is 1.17 bits per heavy atom. The van der Waals surface area contributed by atoms with Crippen LogP contribution in [0.1, 0.15) is 11.1 Å². The third kappa shape index (κ3) is 4.79. The van der Waals surface area contributed by atoms with E-state index in [2.05, 4.69) is 5.16 Å². The number of hydrogen-bond acceptors (Lipinski definition) is 5. The smallest absolute Gasteiger partial charge is 0.339 e. The van der Waals surface area contributed by atoms with Gasteiger partial charge >= 0.3 is 5.97 Å². The lowest BCUT2D eigenvalue weighted by molar-refractivity contribution is -0.384. The second-order valence-electron chi connectivity index (χ2n) is 4.55. The van der Waals surface area contributed by atoms with Gasteiger partial charge in [0.2, 0.25) is 0 Å². The molecule has 0 aliphatic carbocycles. The number of nitrogens with two attached hydrogens (primary N) is 1. The second-order valence-corrected chi connectivity index (χ2v) is 4.98. The van der Waals surface area contributed by atoms with Crippen LogP contribution in [0.25, 0.3) is 0 Å². The summed E-state index contributed by atoms with van der Waals surface area (Å²) in [6, 6.07) is 12.1. The number of carbonyl (C=O) groups excluding carboxylic acids is 1. The van der Waals surface area contributed by atoms with E-state index in [1.165, 1.54) is 24.3 Å². The fourth-order valence-corrected chi connectivity index (χ4v) is 1.83. The van der Waals surface area contributed by atoms with Crippen molar-refractivity contribution < 1.29 is 14.6 Å². The molecule has 0 radical (unpaired) electrons. The second kappa shape index (κ2) is 7.37. The van der Waals surface area contributed by atoms with Gasteiger partial charge < -0.3 is 10.6 Å². The first-order chi connectivity index (χ1) is 11.0. The molecule has 0 aliphatic rings. The molecule has 0 heterocycles. The fourth-order valence-electron chi connectivity index (χ4n) is 1.71. The molecule has 2 N–H and O–H groups in total. The van der Waals surface area contributed by atoms with Gasteiger partial charge in [-0.1, -0.05) is 28.9 Å². The summed E-state index contributed by atoms with van der Waals surface area (Å²) in [7, 11) is 0. The zero-order chi connectivity index (χ0) is 16.8. The van der Waals surface area contributed by atoms with Crippen LogP contribution in [-0.4, -0.2) is 16.7 Å². The summed E-state index contributed by atoms with van der Waals surface area (Å²) in [5.41, 5.74) is 6.74. The van der Waals surface area contributed by atoms with E-state index in [-0.39, 0.29) is 17.9 Å². The Labute approximate surface area is 136 Å². The molecule has 2 rings (SSSR count). The van der Waals surface area contributed by atoms with E-state index < -0.39 is 10.9 Å². The molecule has 0 aliphatic heterocycles. The number of benzene rings is 2. The Bertz CT molecular complexity index is 742. The Balaban J connectivity index is 1.96. The minimum Gasteiger partial charge on any atom is -0.380 e. The van der Waals surface area contributed by atoms with Crippen LogP contribution in [0.15, 0.2) is 53.7 Å². The van der Waals surface area contributed by atoms with Gasteiger partial charge in [-0.15, -0.1) is 0 Å². The van der Waals surface area contributed by atoms with Gasteiger partial charge in [-0.3, -0.25) is 10.1 Å². The van der Waals surface area contributed by atoms with E-state index >= 15 is 0 Å². The lowest BCUT2D eigenvalue weighted by Crippen LogP contribution is -2.15. The van der Waals surface area contributed by atoms with Crippen LogP contribution in [0.2, 0.25) is 5.02 Å². The molecule has 8 heteroatoms. The van der Waals surface area contributed by atoms with Crippen molar-refractivity contribution in [1.29, 1.82) is 0 Å². The largest absolute Gasteiger partial charge is 0.380 e. The lowest BCUT2D eigenvalue weighted by Gasteiger charge is -2.02. The molecule has 0 saturated carbocycles. The van der Waals surface area contributed by atoms with E-state index in [0.717, 1.165) is 5.56 Å². The van der Waals surface area contributed by atoms with Gasteiger partial charge in [-0.05, 0) is 29.8 Å². The highest BCUT2D eigenvalue weighted by atomic mass is 35.5. The molecule has 2 aromatic rings. The number of amidine groups is 1. The van der Waals surface area contributed by atoms with Crippen LogP contribution in [0.3, 0.4) is 0 Å². The first-order valence-electron chi connectivity index (χ1n) is 6.48. The maximum atomic E-state index is 11.7. The van der Waals surface area contributed by atoms with Crippen LogP contribution in [0, 0.1) is 10.1 Å². The molecule has 0 aromatic heterocycles. The fraction of sp³-hybridized carbons (Fsp3) is 0.0667. The predicted molar refractivity (Wildman–Crippen MR) is 85.1 cm³/mol. The zero-order valence-electron chi connectivity index (χ0n) is 11.8. The molecular formula is C15H12ClN3O4. The number of rotatable bonds is 5. The molecule has 0 unspecified atom stereocenters. The maximum Gasteiger partial charge on any atom is 0.339 e. The molecule has 0 saturated heterocycles. The predicted octanol–water partition coefficient (Wildman–Crippen LogP) is 2.65. The number of nitrogens with zero attached hydrogens (tertiary/aromatic N) is 2. The summed E-state index contributed by atoms with van der Waals surface area (Å²) in [6.45, 7) is 0. The third-order valence-corrected chi connectivity index (χ3v) is 3.13. The third-order valence-electron chi connectivity index (χ3n) is 2.88. The van der Waals surface area contributed by atoms with Crippen LogP contribution in [-0.2, 0) is 16.1 Å². The molecular weight excluding hydrogens is 322 g/mol. The summed E-state index contributed by atoms with van der Waals surface area (Å²) in [6.07, 6.45) is 0.0220. The van der Waals surface area contributed by atoms with E-state index in [1.54, 1.807) is 24.3 Å². The molecule has 7 nitrogen and oxygen atoms in total. The average molecular weight is 334 g/mol. The van der Waals surface area contributed by atoms with Crippen LogP contribution < -0.4 is 5.73 Å². The number of non-ortho nitro benzene ring substituents is 1. The van der Waals surface area contributed by atoms with Gasteiger partial charge in [0.1, 0.15) is 0 Å². The molecule has 2 aromatic carbocycles. The molecule has 0 amide bonds. The Morgan fingerprint density at radius 2 is 1.78 bits per heavy atom. The lowest BCUT2D eigenvalue weighted by atomic mass is 10.2. The summed E-state index contributed by atoms with van der Waals surface area (Å²) in [5, 5.41) is 14.7. The van der Waals surface area contributed by atoms with Crippen molar-refractivity contribution in [3.63, 3.8) is 0 Å². The number of halogens is 1. The van der Waals surface area contributed by atoms with Gasteiger partial charge in [0.25, 0.3) is 5.69 Å². The molecule has 0 fully saturated rings. The molecule has 118 valence electrons. The van der Waals surface area contributed by atoms with Crippen LogP contribution in [0.5, 0.6) is 0 Å². The molecule has 0 atom stereocenters. The highest BCUT2D eigenvalue weighted by Crippen LogP contribution is 2.12. The van der Waals surface area contributed by atoms with Crippen molar-refractivity contribution in [3.05, 3.63) is 74.8 Å². The van der Waals surface area contributed by atoms with Gasteiger partial charge in [0.15, 0.2) is 5.84 Å². The number of nitro groups is 1. The first kappa shape index (κ1) is 16.4. The van der Waals surface area contributed by atoms with Crippen LogP contribution in [0.4, 0.5) is 5.69 Å². The van der Waals surface area contributed by atoms with Crippen molar-refractivity contribution in [3.8, 4) is 0 Å². The Morgan fingerprint density at radius 3 is 2.35 bits per heavy atom. The van der Waals surface area contributed by atoms with E-state index in [4.69, 9.17) is 22.2 Å². The maximum absolute atomic E-state index is 11.7. The van der Waals surface area contributed by atoms with Gasteiger partial charge in [0, 0.05) is 22.7 Å². The number of oxime groups is 1. The normalized spacial score (nSPS) is 11.1. The zero-order valence-corrected chi connectivity index (χ0v) is 12.6. The average Bonchev–Trinajstić information content (AvgIpc) is 2.55. The van der Waals surface area contributed by atoms with Crippen molar-refractivity contribution in [2.45, 2.75) is 6.42 Å². The SMILES string of the molecule is N/C(=N/OC(=O)Cc1ccc(Cl)cc1)c1ccc([N+](=O)[O-])cc1. The van der Waals surface area contributed by atoms with Crippen molar-refractivity contribution >= 4 is 29.1 Å². The molecule has 23 heavy (non-hydrogen) atoms. The number of carbonyl (C=O) groups is 1. The van der Waals surface area contributed by atoms with Crippen molar-refractivity contribution in [2.75, 3.05) is 0 Å². The number of nitro benzene ring substituents is 1. The highest BCUT2D eigenvalue weighted by molar-refractivity contribution is 6.30. The standard InChI is InChI=1S/C15H12ClN3O4/c16-12-5-1-10(2-6-12)9-14(20)23-18-15(17)11-3-7-13(8-4-11)19(21)22/h1-8H,9H2,(H2,17,18). The summed E-state index contributed by atoms with van der Waals surface area (Å²) in [4.78, 5) is 26.4. The van der Waals surface area contributed by atoms with E-state index in [9.17, 15) is 14.9 Å². The van der Waals surface area contributed by atoms with E-state index in [1.807, 2.05) is 0 Å². The van der Waals surface area contributed by atoms with Crippen molar-refractivity contribution in [1.82, 2.24) is 0 Å². The van der Waals surface area contributed by atoms with Gasteiger partial charge in [-0.25, -0.2) is 4.79 Å². The Kier molecular flexibility index (Phi) is 5.27. The summed E-state index contributed by atoms with van der Waals surface area (Å²) in [5.74, 6) is -0.637. The summed E-state index contributed by atoms with van der Waals surface area (Å²) >= 11 is 5.75. The molecule has 0 spiro atoms. The topological polar surface area (TPSA) is 108 Å². The van der Waals surface area contributed by atoms with Gasteiger partial charge in [-0.2, -0.15) is 0 Å². The number of hydrogen-bond donors (Lipinski definition) is 1. The van der Waals surface area contributed by atoms with Crippen LogP contribution >= 0.6 is 11.6 Å². The minimum atomic E-state index is -0.586. The van der Waals surface area contributed by atoms with E-state index in [0.29, 0.717) is 10.6 Å². The Hall–Kier alpha value is -2.93. The van der Waals surface area contributed by atoms with Gasteiger partial charge in [0.05, 0.1) is 11.3 Å². The monoisotopic (exact) mass is 333 g/mol. The first-order valence-corrected chi connectivity index (χ1v) is 6.86.